The molecule has 0 saturated heterocycles. The maximum Gasteiger partial charge on any atom is 0.264 e. The Morgan fingerprint density at radius 3 is 2.04 bits per heavy atom. The molecule has 1 aliphatic heterocycles. The highest BCUT2D eigenvalue weighted by atomic mass is 32.2. The molecule has 0 spiro atoms. The fraction of sp³-hybridized carbons (Fsp3) is 0.947. The van der Waals surface area contributed by atoms with Crippen LogP contribution in [0.5, 0.6) is 0 Å². The second-order valence-electron chi connectivity index (χ2n) is 7.21. The van der Waals surface area contributed by atoms with E-state index in [-0.39, 0.29) is 5.75 Å². The minimum atomic E-state index is -3.84. The van der Waals surface area contributed by atoms with Gasteiger partial charge in [-0.05, 0) is 12.8 Å². The quantitative estimate of drug-likeness (QED) is 0.314. The molecule has 0 fully saturated rings. The van der Waals surface area contributed by atoms with Crippen LogP contribution in [0.3, 0.4) is 0 Å². The summed E-state index contributed by atoms with van der Waals surface area (Å²) in [5.74, 6) is 0.973. The lowest BCUT2D eigenvalue weighted by atomic mass is 10.1. The first kappa shape index (κ1) is 22.4. The van der Waals surface area contributed by atoms with Crippen molar-refractivity contribution in [2.75, 3.05) is 25.4 Å². The van der Waals surface area contributed by atoms with E-state index < -0.39 is 10.1 Å². The molecule has 0 saturated carbocycles. The van der Waals surface area contributed by atoms with Gasteiger partial charge in [0, 0.05) is 19.5 Å². The molecule has 25 heavy (non-hydrogen) atoms. The topological polar surface area (TPSA) is 70.0 Å². The standard InChI is InChI=1S/C19H38N2O3S/c1-2-3-4-5-6-7-8-9-10-11-12-14-19-20-15-17-21(19)16-13-18-25(22,23)24/h2-18H2,1H3,(H,22,23,24). The largest absolute Gasteiger partial charge is 0.358 e. The third kappa shape index (κ3) is 12.4. The van der Waals surface area contributed by atoms with Crippen molar-refractivity contribution >= 4 is 16.0 Å². The monoisotopic (exact) mass is 374 g/mol. The van der Waals surface area contributed by atoms with Crippen LogP contribution in [-0.2, 0) is 10.1 Å². The lowest BCUT2D eigenvalue weighted by molar-refractivity contribution is 0.434. The highest BCUT2D eigenvalue weighted by Crippen LogP contribution is 2.14. The van der Waals surface area contributed by atoms with Crippen LogP contribution in [0.15, 0.2) is 4.99 Å². The normalized spacial score (nSPS) is 15.0. The minimum absolute atomic E-state index is 0.158. The smallest absolute Gasteiger partial charge is 0.264 e. The van der Waals surface area contributed by atoms with Crippen molar-refractivity contribution in [1.82, 2.24) is 4.90 Å². The molecule has 5 nitrogen and oxygen atoms in total. The van der Waals surface area contributed by atoms with Crippen molar-refractivity contribution in [3.63, 3.8) is 0 Å². The molecule has 0 aromatic heterocycles. The number of hydrogen-bond acceptors (Lipinski definition) is 4. The highest BCUT2D eigenvalue weighted by Gasteiger charge is 2.16. The Bertz CT molecular complexity index is 463. The average Bonchev–Trinajstić information content (AvgIpc) is 2.99. The lowest BCUT2D eigenvalue weighted by Gasteiger charge is -2.20. The number of unbranched alkanes of at least 4 members (excludes halogenated alkanes) is 10. The van der Waals surface area contributed by atoms with Gasteiger partial charge in [-0.25, -0.2) is 0 Å². The van der Waals surface area contributed by atoms with Gasteiger partial charge in [0.15, 0.2) is 0 Å². The zero-order chi connectivity index (χ0) is 18.4. The van der Waals surface area contributed by atoms with Crippen LogP contribution in [0.25, 0.3) is 0 Å². The van der Waals surface area contributed by atoms with Crippen molar-refractivity contribution in [2.45, 2.75) is 90.4 Å². The molecular formula is C19H38N2O3S. The van der Waals surface area contributed by atoms with Gasteiger partial charge in [-0.1, -0.05) is 71.1 Å². The van der Waals surface area contributed by atoms with Crippen molar-refractivity contribution < 1.29 is 13.0 Å². The molecule has 1 rings (SSSR count). The number of amidine groups is 1. The molecule has 1 N–H and O–H groups in total. The molecule has 1 heterocycles. The summed E-state index contributed by atoms with van der Waals surface area (Å²) in [4.78, 5) is 6.73. The predicted octanol–water partition coefficient (Wildman–Crippen LogP) is 4.68. The van der Waals surface area contributed by atoms with Crippen molar-refractivity contribution in [1.29, 1.82) is 0 Å². The van der Waals surface area contributed by atoms with E-state index in [0.29, 0.717) is 13.0 Å². The van der Waals surface area contributed by atoms with Gasteiger partial charge in [0.2, 0.25) is 0 Å². The number of aliphatic imine (C=N–C) groups is 1. The molecular weight excluding hydrogens is 336 g/mol. The Balaban J connectivity index is 1.96. The van der Waals surface area contributed by atoms with Gasteiger partial charge in [-0.15, -0.1) is 0 Å². The molecule has 0 aromatic rings. The van der Waals surface area contributed by atoms with Gasteiger partial charge in [0.25, 0.3) is 10.1 Å². The Kier molecular flexibility index (Phi) is 12.2. The Morgan fingerprint density at radius 1 is 0.920 bits per heavy atom. The third-order valence-corrected chi connectivity index (χ3v) is 5.67. The van der Waals surface area contributed by atoms with Crippen molar-refractivity contribution in [3.8, 4) is 0 Å². The number of rotatable bonds is 16. The molecule has 0 atom stereocenters. The maximum absolute atomic E-state index is 10.8. The summed E-state index contributed by atoms with van der Waals surface area (Å²) >= 11 is 0. The van der Waals surface area contributed by atoms with Crippen molar-refractivity contribution in [2.24, 2.45) is 4.99 Å². The van der Waals surface area contributed by atoms with Gasteiger partial charge in [-0.2, -0.15) is 8.42 Å². The van der Waals surface area contributed by atoms with E-state index in [2.05, 4.69) is 16.8 Å². The van der Waals surface area contributed by atoms with Gasteiger partial charge in [0.1, 0.15) is 0 Å². The minimum Gasteiger partial charge on any atom is -0.358 e. The fourth-order valence-corrected chi connectivity index (χ4v) is 3.89. The zero-order valence-electron chi connectivity index (χ0n) is 16.1. The molecule has 0 aromatic carbocycles. The maximum atomic E-state index is 10.8. The van der Waals surface area contributed by atoms with Crippen LogP contribution in [0.2, 0.25) is 0 Å². The summed E-state index contributed by atoms with van der Waals surface area (Å²) in [6.07, 6.45) is 16.2. The third-order valence-electron chi connectivity index (χ3n) is 4.86. The Hall–Kier alpha value is -0.620. The van der Waals surface area contributed by atoms with E-state index in [1.54, 1.807) is 0 Å². The fourth-order valence-electron chi connectivity index (χ4n) is 3.39. The molecule has 148 valence electrons. The first-order valence-corrected chi connectivity index (χ1v) is 11.9. The summed E-state index contributed by atoms with van der Waals surface area (Å²) in [6, 6.07) is 0. The van der Waals surface area contributed by atoms with E-state index in [1.165, 1.54) is 70.6 Å². The van der Waals surface area contributed by atoms with Gasteiger partial charge in [0.05, 0.1) is 18.1 Å². The number of hydrogen-bond donors (Lipinski definition) is 1. The molecule has 6 heteroatoms. The molecule has 0 radical (unpaired) electrons. The van der Waals surface area contributed by atoms with Crippen LogP contribution in [0, 0.1) is 0 Å². The second kappa shape index (κ2) is 13.6. The molecule has 0 bridgehead atoms. The SMILES string of the molecule is CCCCCCCCCCCCCC1=NCCN1CCCS(=O)(=O)O. The summed E-state index contributed by atoms with van der Waals surface area (Å²) in [5.41, 5.74) is 0. The summed E-state index contributed by atoms with van der Waals surface area (Å²) in [6.45, 7) is 4.64. The summed E-state index contributed by atoms with van der Waals surface area (Å²) < 4.78 is 30.4. The van der Waals surface area contributed by atoms with Gasteiger partial charge in [-0.3, -0.25) is 9.55 Å². The summed E-state index contributed by atoms with van der Waals surface area (Å²) in [5, 5.41) is 0. The van der Waals surface area contributed by atoms with E-state index in [4.69, 9.17) is 4.55 Å². The van der Waals surface area contributed by atoms with Crippen LogP contribution < -0.4 is 0 Å². The van der Waals surface area contributed by atoms with Crippen LogP contribution in [0.1, 0.15) is 90.4 Å². The van der Waals surface area contributed by atoms with Crippen LogP contribution >= 0.6 is 0 Å². The van der Waals surface area contributed by atoms with Crippen LogP contribution in [0.4, 0.5) is 0 Å². The summed E-state index contributed by atoms with van der Waals surface area (Å²) in [7, 11) is -3.84. The lowest BCUT2D eigenvalue weighted by Crippen LogP contribution is -2.29. The van der Waals surface area contributed by atoms with Gasteiger partial charge < -0.3 is 4.90 Å². The van der Waals surface area contributed by atoms with Crippen molar-refractivity contribution in [3.05, 3.63) is 0 Å². The van der Waals surface area contributed by atoms with E-state index in [1.807, 2.05) is 0 Å². The molecule has 0 amide bonds. The molecule has 0 aliphatic carbocycles. The highest BCUT2D eigenvalue weighted by molar-refractivity contribution is 7.85. The van der Waals surface area contributed by atoms with Crippen LogP contribution in [-0.4, -0.2) is 49.1 Å². The number of nitrogens with zero attached hydrogens (tertiary/aromatic N) is 2. The first-order valence-electron chi connectivity index (χ1n) is 10.3. The zero-order valence-corrected chi connectivity index (χ0v) is 16.9. The first-order chi connectivity index (χ1) is 12.0. The van der Waals surface area contributed by atoms with E-state index in [0.717, 1.165) is 25.3 Å². The predicted molar refractivity (Wildman–Crippen MR) is 106 cm³/mol. The second-order valence-corrected chi connectivity index (χ2v) is 8.78. The Morgan fingerprint density at radius 2 is 1.48 bits per heavy atom. The average molecular weight is 375 g/mol. The van der Waals surface area contributed by atoms with E-state index in [9.17, 15) is 8.42 Å². The van der Waals surface area contributed by atoms with Gasteiger partial charge >= 0.3 is 0 Å². The Labute approximate surface area is 155 Å². The molecule has 1 aliphatic rings. The van der Waals surface area contributed by atoms with E-state index >= 15 is 0 Å². The molecule has 0 unspecified atom stereocenters.